The van der Waals surface area contributed by atoms with Gasteiger partial charge in [0.2, 0.25) is 0 Å². The Hall–Kier alpha value is -8.20. The van der Waals surface area contributed by atoms with E-state index in [2.05, 4.69) is 266 Å². The Morgan fingerprint density at radius 2 is 0.742 bits per heavy atom. The second kappa shape index (κ2) is 15.8. The summed E-state index contributed by atoms with van der Waals surface area (Å²) in [5.74, 6) is 0. The number of rotatable bonds is 7. The SMILES string of the molecule is CC(C)(C)c1c(-c2ccccc2)cc(-n2c3ccccc3c3ccc4c(c5ccccc5n4-c4cccc(-c5cccc(-c6ccccc6)c5)c4)c32)cc1-c1cccc(-c2ccccc2)c1. The van der Waals surface area contributed by atoms with Crippen molar-refractivity contribution in [3.63, 3.8) is 0 Å². The highest BCUT2D eigenvalue weighted by molar-refractivity contribution is 6.26. The van der Waals surface area contributed by atoms with Crippen molar-refractivity contribution in [2.45, 2.75) is 26.2 Å². The topological polar surface area (TPSA) is 9.86 Å². The zero-order valence-corrected chi connectivity index (χ0v) is 37.4. The molecule has 0 aliphatic carbocycles. The quantitative estimate of drug-likeness (QED) is 0.151. The minimum absolute atomic E-state index is 0.166. The summed E-state index contributed by atoms with van der Waals surface area (Å²) in [6, 6.07) is 86.9. The van der Waals surface area contributed by atoms with Crippen LogP contribution in [0.2, 0.25) is 0 Å². The van der Waals surface area contributed by atoms with Gasteiger partial charge in [-0.3, -0.25) is 0 Å². The Morgan fingerprint density at radius 1 is 0.288 bits per heavy atom. The molecule has 0 aliphatic rings. The molecule has 0 atom stereocenters. The van der Waals surface area contributed by atoms with Gasteiger partial charge in [-0.1, -0.05) is 203 Å². The third-order valence-corrected chi connectivity index (χ3v) is 13.4. The van der Waals surface area contributed by atoms with E-state index >= 15 is 0 Å². The molecule has 2 heteroatoms. The summed E-state index contributed by atoms with van der Waals surface area (Å²) < 4.78 is 5.02. The Bertz CT molecular complexity index is 3770. The Kier molecular flexibility index (Phi) is 9.43. The van der Waals surface area contributed by atoms with Gasteiger partial charge in [-0.05, 0) is 121 Å². The third-order valence-electron chi connectivity index (χ3n) is 13.4. The maximum Gasteiger partial charge on any atom is 0.0641 e. The molecule has 0 fully saturated rings. The lowest BCUT2D eigenvalue weighted by Gasteiger charge is -2.29. The number of para-hydroxylation sites is 2. The second-order valence-electron chi connectivity index (χ2n) is 18.5. The molecule has 0 spiro atoms. The highest BCUT2D eigenvalue weighted by atomic mass is 15.0. The van der Waals surface area contributed by atoms with Gasteiger partial charge in [-0.15, -0.1) is 0 Å². The van der Waals surface area contributed by atoms with Gasteiger partial charge in [-0.2, -0.15) is 0 Å². The van der Waals surface area contributed by atoms with Crippen molar-refractivity contribution in [3.05, 3.63) is 242 Å². The number of nitrogens with zero attached hydrogens (tertiary/aromatic N) is 2. The van der Waals surface area contributed by atoms with E-state index in [4.69, 9.17) is 0 Å². The van der Waals surface area contributed by atoms with Crippen LogP contribution in [0.4, 0.5) is 0 Å². The van der Waals surface area contributed by atoms with E-state index in [0.29, 0.717) is 0 Å². The molecule has 12 aromatic rings. The van der Waals surface area contributed by atoms with E-state index in [-0.39, 0.29) is 5.41 Å². The number of hydrogen-bond acceptors (Lipinski definition) is 0. The molecule has 0 aliphatic heterocycles. The van der Waals surface area contributed by atoms with Gasteiger partial charge < -0.3 is 9.13 Å². The summed E-state index contributed by atoms with van der Waals surface area (Å²) in [5.41, 5.74) is 20.3. The Morgan fingerprint density at radius 3 is 1.36 bits per heavy atom. The minimum atomic E-state index is -0.166. The molecule has 10 aromatic carbocycles. The van der Waals surface area contributed by atoms with Crippen LogP contribution in [0.15, 0.2) is 237 Å². The number of fused-ring (bicyclic) bond motifs is 7. The maximum atomic E-state index is 2.55. The standard InChI is InChI=1S/C64H48N2/c1-64(2,3)62-56(45-24-11-6-12-25-45)41-52(42-57(62)50-30-18-27-47(39-50)44-22-9-5-10-23-44)66-58-34-15-13-32-53(58)54-36-37-60-61(63(54)66)55-33-14-16-35-59(55)65(60)51-31-19-29-49(40-51)48-28-17-26-46(38-48)43-20-7-4-8-21-43/h4-42H,1-3H3. The van der Waals surface area contributed by atoms with E-state index in [1.165, 1.54) is 105 Å². The maximum absolute atomic E-state index is 2.55. The smallest absolute Gasteiger partial charge is 0.0641 e. The van der Waals surface area contributed by atoms with E-state index in [9.17, 15) is 0 Å². The average molecular weight is 845 g/mol. The van der Waals surface area contributed by atoms with Crippen LogP contribution in [0.3, 0.4) is 0 Å². The molecule has 12 rings (SSSR count). The van der Waals surface area contributed by atoms with Crippen LogP contribution in [0.1, 0.15) is 26.3 Å². The molecule has 2 heterocycles. The van der Waals surface area contributed by atoms with Crippen molar-refractivity contribution in [1.82, 2.24) is 9.13 Å². The molecule has 2 aromatic heterocycles. The molecule has 0 saturated heterocycles. The second-order valence-corrected chi connectivity index (χ2v) is 18.5. The van der Waals surface area contributed by atoms with Crippen LogP contribution in [-0.4, -0.2) is 9.13 Å². The molecule has 2 nitrogen and oxygen atoms in total. The zero-order valence-electron chi connectivity index (χ0n) is 37.4. The lowest BCUT2D eigenvalue weighted by Crippen LogP contribution is -2.15. The molecule has 66 heavy (non-hydrogen) atoms. The predicted molar refractivity (Wildman–Crippen MR) is 281 cm³/mol. The van der Waals surface area contributed by atoms with Crippen LogP contribution in [-0.2, 0) is 5.41 Å². The Labute approximate surface area is 386 Å². The third kappa shape index (κ3) is 6.64. The predicted octanol–water partition coefficient (Wildman–Crippen LogP) is 17.5. The van der Waals surface area contributed by atoms with E-state index in [1.807, 2.05) is 0 Å². The molecule has 314 valence electrons. The van der Waals surface area contributed by atoms with Gasteiger partial charge in [0.1, 0.15) is 0 Å². The van der Waals surface area contributed by atoms with Crippen molar-refractivity contribution in [3.8, 4) is 67.0 Å². The monoisotopic (exact) mass is 844 g/mol. The minimum Gasteiger partial charge on any atom is -0.309 e. The fraction of sp³-hybridized carbons (Fsp3) is 0.0625. The first-order valence-corrected chi connectivity index (χ1v) is 23.0. The molecule has 0 N–H and O–H groups in total. The largest absolute Gasteiger partial charge is 0.309 e. The fourth-order valence-corrected chi connectivity index (χ4v) is 10.5. The normalized spacial score (nSPS) is 11.9. The summed E-state index contributed by atoms with van der Waals surface area (Å²) in [5, 5.41) is 4.94. The van der Waals surface area contributed by atoms with E-state index in [1.54, 1.807) is 0 Å². The first-order chi connectivity index (χ1) is 32.4. The number of aromatic nitrogens is 2. The molecule has 0 radical (unpaired) electrons. The first kappa shape index (κ1) is 39.4. The van der Waals surface area contributed by atoms with Crippen molar-refractivity contribution < 1.29 is 0 Å². The van der Waals surface area contributed by atoms with Gasteiger partial charge in [-0.25, -0.2) is 0 Å². The fourth-order valence-electron chi connectivity index (χ4n) is 10.5. The van der Waals surface area contributed by atoms with Gasteiger partial charge in [0, 0.05) is 32.9 Å². The first-order valence-electron chi connectivity index (χ1n) is 23.0. The summed E-state index contributed by atoms with van der Waals surface area (Å²) in [4.78, 5) is 0. The summed E-state index contributed by atoms with van der Waals surface area (Å²) in [6.07, 6.45) is 0. The number of benzene rings is 10. The molecule has 0 saturated carbocycles. The van der Waals surface area contributed by atoms with E-state index in [0.717, 1.165) is 11.4 Å². The lowest BCUT2D eigenvalue weighted by molar-refractivity contribution is 0.593. The molecular formula is C64H48N2. The highest BCUT2D eigenvalue weighted by Gasteiger charge is 2.27. The average Bonchev–Trinajstić information content (AvgIpc) is 3.90. The van der Waals surface area contributed by atoms with E-state index < -0.39 is 0 Å². The van der Waals surface area contributed by atoms with Crippen LogP contribution in [0.25, 0.3) is 111 Å². The van der Waals surface area contributed by atoms with Gasteiger partial charge in [0.05, 0.1) is 22.1 Å². The molecule has 0 bridgehead atoms. The van der Waals surface area contributed by atoms with Crippen molar-refractivity contribution >= 4 is 43.6 Å². The van der Waals surface area contributed by atoms with Crippen molar-refractivity contribution in [2.24, 2.45) is 0 Å². The summed E-state index contributed by atoms with van der Waals surface area (Å²) in [7, 11) is 0. The van der Waals surface area contributed by atoms with Crippen molar-refractivity contribution in [1.29, 1.82) is 0 Å². The number of hydrogen-bond donors (Lipinski definition) is 0. The van der Waals surface area contributed by atoms with Gasteiger partial charge >= 0.3 is 0 Å². The zero-order chi connectivity index (χ0) is 44.4. The summed E-state index contributed by atoms with van der Waals surface area (Å²) in [6.45, 7) is 7.06. The highest BCUT2D eigenvalue weighted by Crippen LogP contribution is 2.47. The molecule has 0 unspecified atom stereocenters. The van der Waals surface area contributed by atoms with Crippen LogP contribution < -0.4 is 0 Å². The molecule has 0 amide bonds. The summed E-state index contributed by atoms with van der Waals surface area (Å²) >= 11 is 0. The van der Waals surface area contributed by atoms with Crippen LogP contribution in [0, 0.1) is 0 Å². The van der Waals surface area contributed by atoms with Crippen molar-refractivity contribution in [2.75, 3.05) is 0 Å². The molecular weight excluding hydrogens is 797 g/mol. The Balaban J connectivity index is 1.14. The van der Waals surface area contributed by atoms with Crippen LogP contribution >= 0.6 is 0 Å². The van der Waals surface area contributed by atoms with Gasteiger partial charge in [0.25, 0.3) is 0 Å². The van der Waals surface area contributed by atoms with Gasteiger partial charge in [0.15, 0.2) is 0 Å². The lowest BCUT2D eigenvalue weighted by atomic mass is 9.76. The van der Waals surface area contributed by atoms with Crippen LogP contribution in [0.5, 0.6) is 0 Å².